The second-order valence-corrected chi connectivity index (χ2v) is 2.84. The molecule has 0 saturated heterocycles. The number of carbonyl (C=O) groups is 1. The Morgan fingerprint density at radius 3 is 2.62 bits per heavy atom. The van der Waals surface area contributed by atoms with Gasteiger partial charge in [-0.15, -0.1) is 6.42 Å². The van der Waals surface area contributed by atoms with Crippen LogP contribution in [0.4, 0.5) is 14.5 Å². The molecule has 1 N–H and O–H groups in total. The summed E-state index contributed by atoms with van der Waals surface area (Å²) in [4.78, 5) is 11.1. The van der Waals surface area contributed by atoms with Gasteiger partial charge in [-0.1, -0.05) is 5.92 Å². The Hall–Kier alpha value is -2.40. The van der Waals surface area contributed by atoms with Crippen LogP contribution in [0.5, 0.6) is 0 Å². The molecule has 0 aromatic heterocycles. The summed E-state index contributed by atoms with van der Waals surface area (Å²) in [5.41, 5.74) is -0.00756. The maximum absolute atomic E-state index is 12.9. The standard InChI is InChI=1S/C11H6F2N2O/c1-2-7-5-8(12)9(13)6-10(7)15-11(16)3-4-14/h1,5-6H,3H2,(H,15,16). The number of rotatable bonds is 2. The molecule has 0 radical (unpaired) electrons. The van der Waals surface area contributed by atoms with E-state index in [-0.39, 0.29) is 17.7 Å². The van der Waals surface area contributed by atoms with Gasteiger partial charge in [-0.2, -0.15) is 5.26 Å². The summed E-state index contributed by atoms with van der Waals surface area (Å²) in [6.45, 7) is 0. The molecular weight excluding hydrogens is 214 g/mol. The fraction of sp³-hybridized carbons (Fsp3) is 0.0909. The van der Waals surface area contributed by atoms with Gasteiger partial charge in [-0.3, -0.25) is 4.79 Å². The first kappa shape index (κ1) is 11.7. The molecule has 0 aliphatic carbocycles. The minimum absolute atomic E-state index is 0.0187. The Morgan fingerprint density at radius 2 is 2.06 bits per heavy atom. The monoisotopic (exact) mass is 220 g/mol. The number of nitrogens with one attached hydrogen (secondary N) is 1. The molecule has 0 fully saturated rings. The number of nitriles is 1. The zero-order chi connectivity index (χ0) is 12.1. The number of amides is 1. The molecule has 0 heterocycles. The molecule has 16 heavy (non-hydrogen) atoms. The van der Waals surface area contributed by atoms with Crippen molar-refractivity contribution < 1.29 is 13.6 Å². The van der Waals surface area contributed by atoms with Crippen molar-refractivity contribution in [3.8, 4) is 18.4 Å². The summed E-state index contributed by atoms with van der Waals surface area (Å²) in [6, 6.07) is 3.20. The fourth-order valence-corrected chi connectivity index (χ4v) is 1.04. The van der Waals surface area contributed by atoms with Crippen molar-refractivity contribution in [1.82, 2.24) is 0 Å². The third-order valence-electron chi connectivity index (χ3n) is 1.73. The predicted molar refractivity (Wildman–Crippen MR) is 53.2 cm³/mol. The molecule has 0 unspecified atom stereocenters. The van der Waals surface area contributed by atoms with Gasteiger partial charge in [-0.25, -0.2) is 8.78 Å². The lowest BCUT2D eigenvalue weighted by atomic mass is 10.1. The van der Waals surface area contributed by atoms with Crippen molar-refractivity contribution in [3.63, 3.8) is 0 Å². The van der Waals surface area contributed by atoms with Crippen molar-refractivity contribution in [2.45, 2.75) is 6.42 Å². The number of carbonyl (C=O) groups excluding carboxylic acids is 1. The molecule has 1 amide bonds. The van der Waals surface area contributed by atoms with Crippen LogP contribution in [-0.4, -0.2) is 5.91 Å². The average Bonchev–Trinajstić information content (AvgIpc) is 2.23. The molecule has 1 aromatic rings. The molecule has 0 atom stereocenters. The van der Waals surface area contributed by atoms with Gasteiger partial charge in [0.1, 0.15) is 6.42 Å². The number of terminal acetylenes is 1. The topological polar surface area (TPSA) is 52.9 Å². The number of hydrogen-bond acceptors (Lipinski definition) is 2. The highest BCUT2D eigenvalue weighted by molar-refractivity contribution is 5.93. The Morgan fingerprint density at radius 1 is 1.44 bits per heavy atom. The van der Waals surface area contributed by atoms with Gasteiger partial charge in [0.25, 0.3) is 0 Å². The van der Waals surface area contributed by atoms with E-state index in [9.17, 15) is 13.6 Å². The molecule has 0 aliphatic heterocycles. The zero-order valence-electron chi connectivity index (χ0n) is 8.05. The largest absolute Gasteiger partial charge is 0.324 e. The lowest BCUT2D eigenvalue weighted by Gasteiger charge is -2.06. The molecular formula is C11H6F2N2O. The third-order valence-corrected chi connectivity index (χ3v) is 1.73. The Balaban J connectivity index is 3.05. The number of nitrogens with zero attached hydrogens (tertiary/aromatic N) is 1. The van der Waals surface area contributed by atoms with Crippen LogP contribution < -0.4 is 5.32 Å². The molecule has 0 bridgehead atoms. The fourth-order valence-electron chi connectivity index (χ4n) is 1.04. The molecule has 5 heteroatoms. The van der Waals surface area contributed by atoms with Gasteiger partial charge in [0, 0.05) is 6.07 Å². The SMILES string of the molecule is C#Cc1cc(F)c(F)cc1NC(=O)CC#N. The molecule has 3 nitrogen and oxygen atoms in total. The van der Waals surface area contributed by atoms with Crippen LogP contribution in [0.1, 0.15) is 12.0 Å². The lowest BCUT2D eigenvalue weighted by Crippen LogP contribution is -2.11. The van der Waals surface area contributed by atoms with Crippen LogP contribution in [0.25, 0.3) is 0 Å². The highest BCUT2D eigenvalue weighted by Crippen LogP contribution is 2.19. The van der Waals surface area contributed by atoms with Gasteiger partial charge >= 0.3 is 0 Å². The van der Waals surface area contributed by atoms with Crippen LogP contribution in [0.15, 0.2) is 12.1 Å². The van der Waals surface area contributed by atoms with Gasteiger partial charge in [0.2, 0.25) is 5.91 Å². The summed E-state index contributed by atoms with van der Waals surface area (Å²) < 4.78 is 25.7. The maximum atomic E-state index is 12.9. The number of anilines is 1. The zero-order valence-corrected chi connectivity index (χ0v) is 8.05. The van der Waals surface area contributed by atoms with Crippen LogP contribution in [-0.2, 0) is 4.79 Å². The minimum Gasteiger partial charge on any atom is -0.324 e. The molecule has 1 aromatic carbocycles. The van der Waals surface area contributed by atoms with Crippen LogP contribution in [0.2, 0.25) is 0 Å². The number of benzene rings is 1. The summed E-state index contributed by atoms with van der Waals surface area (Å²) in [5.74, 6) is -0.738. The number of halogens is 2. The van der Waals surface area contributed by atoms with Crippen molar-refractivity contribution in [3.05, 3.63) is 29.3 Å². The average molecular weight is 220 g/mol. The second-order valence-electron chi connectivity index (χ2n) is 2.84. The Labute approximate surface area is 90.7 Å². The molecule has 1 rings (SSSR count). The third kappa shape index (κ3) is 2.55. The van der Waals surface area contributed by atoms with E-state index in [0.29, 0.717) is 0 Å². The van der Waals surface area contributed by atoms with Gasteiger partial charge in [-0.05, 0) is 6.07 Å². The van der Waals surface area contributed by atoms with E-state index in [1.807, 2.05) is 0 Å². The van der Waals surface area contributed by atoms with E-state index in [2.05, 4.69) is 11.2 Å². The summed E-state index contributed by atoms with van der Waals surface area (Å²) in [7, 11) is 0. The number of hydrogen-bond donors (Lipinski definition) is 1. The van der Waals surface area contributed by atoms with Crippen molar-refractivity contribution >= 4 is 11.6 Å². The quantitative estimate of drug-likeness (QED) is 0.772. The van der Waals surface area contributed by atoms with E-state index in [0.717, 1.165) is 12.1 Å². The highest BCUT2D eigenvalue weighted by atomic mass is 19.2. The normalized spacial score (nSPS) is 9.00. The van der Waals surface area contributed by atoms with Crippen molar-refractivity contribution in [2.24, 2.45) is 0 Å². The van der Waals surface area contributed by atoms with E-state index >= 15 is 0 Å². The summed E-state index contributed by atoms with van der Waals surface area (Å²) in [5, 5.41) is 10.5. The highest BCUT2D eigenvalue weighted by Gasteiger charge is 2.10. The van der Waals surface area contributed by atoms with Gasteiger partial charge in [0.15, 0.2) is 11.6 Å². The predicted octanol–water partition coefficient (Wildman–Crippen LogP) is 1.80. The van der Waals surface area contributed by atoms with Crippen molar-refractivity contribution in [1.29, 1.82) is 5.26 Å². The lowest BCUT2D eigenvalue weighted by molar-refractivity contribution is -0.115. The second kappa shape index (κ2) is 4.90. The summed E-state index contributed by atoms with van der Waals surface area (Å²) >= 11 is 0. The molecule has 0 spiro atoms. The summed E-state index contributed by atoms with van der Waals surface area (Å²) in [6.07, 6.45) is 4.68. The van der Waals surface area contributed by atoms with E-state index < -0.39 is 17.5 Å². The maximum Gasteiger partial charge on any atom is 0.238 e. The molecule has 80 valence electrons. The molecule has 0 aliphatic rings. The molecule has 0 saturated carbocycles. The van der Waals surface area contributed by atoms with Gasteiger partial charge < -0.3 is 5.32 Å². The first-order valence-electron chi connectivity index (χ1n) is 4.21. The Bertz CT molecular complexity index is 512. The van der Waals surface area contributed by atoms with E-state index in [4.69, 9.17) is 11.7 Å². The van der Waals surface area contributed by atoms with E-state index in [1.54, 1.807) is 6.07 Å². The van der Waals surface area contributed by atoms with Crippen molar-refractivity contribution in [2.75, 3.05) is 5.32 Å². The van der Waals surface area contributed by atoms with E-state index in [1.165, 1.54) is 0 Å². The van der Waals surface area contributed by atoms with Crippen LogP contribution in [0, 0.1) is 35.3 Å². The minimum atomic E-state index is -1.12. The first-order valence-corrected chi connectivity index (χ1v) is 4.21. The van der Waals surface area contributed by atoms with Crippen LogP contribution >= 0.6 is 0 Å². The first-order chi connectivity index (χ1) is 7.58. The van der Waals surface area contributed by atoms with Crippen LogP contribution in [0.3, 0.4) is 0 Å². The smallest absolute Gasteiger partial charge is 0.238 e. The van der Waals surface area contributed by atoms with Gasteiger partial charge in [0.05, 0.1) is 17.3 Å². The Kier molecular flexibility index (Phi) is 3.58.